The van der Waals surface area contributed by atoms with Gasteiger partial charge in [0.05, 0.1) is 137 Å². The fourth-order valence-corrected chi connectivity index (χ4v) is 19.4. The van der Waals surface area contributed by atoms with Crippen LogP contribution in [0.4, 0.5) is 11.4 Å². The Morgan fingerprint density at radius 2 is 0.421 bits per heavy atom. The first-order chi connectivity index (χ1) is 62.3. The predicted molar refractivity (Wildman–Crippen MR) is 513 cm³/mol. The Hall–Kier alpha value is -18.3. The van der Waals surface area contributed by atoms with Crippen LogP contribution in [0.1, 0.15) is 22.3 Å². The number of nitrogens with zero attached hydrogens (tertiary/aromatic N) is 12. The summed E-state index contributed by atoms with van der Waals surface area (Å²) in [6, 6.07) is 146. The molecule has 24 aromatic rings. The first-order valence-electron chi connectivity index (χ1n) is 41.4. The summed E-state index contributed by atoms with van der Waals surface area (Å²) in [6.45, 7) is 16.1. The van der Waals surface area contributed by atoms with Gasteiger partial charge in [0.2, 0.25) is 0 Å². The van der Waals surface area contributed by atoms with Crippen molar-refractivity contribution in [1.82, 2.24) is 27.4 Å². The highest BCUT2D eigenvalue weighted by Crippen LogP contribution is 2.49. The third kappa shape index (κ3) is 11.7. The molecule has 0 aliphatic carbocycles. The summed E-state index contributed by atoms with van der Waals surface area (Å²) in [4.78, 5) is 7.76. The summed E-state index contributed by atoms with van der Waals surface area (Å²) in [7, 11) is 0. The van der Waals surface area contributed by atoms with Crippen LogP contribution in [0.15, 0.2) is 400 Å². The summed E-state index contributed by atoms with van der Waals surface area (Å²) in [5.74, 6) is 0. The van der Waals surface area contributed by atoms with Crippen LogP contribution in [0, 0.1) is 58.5 Å². The van der Waals surface area contributed by atoms with Crippen LogP contribution >= 0.6 is 0 Å². The van der Waals surface area contributed by atoms with Crippen molar-refractivity contribution in [3.63, 3.8) is 0 Å². The molecule has 0 aliphatic rings. The Balaban J connectivity index is 0.000000112. The van der Waals surface area contributed by atoms with Crippen molar-refractivity contribution in [1.29, 1.82) is 21.0 Å². The molecule has 0 radical (unpaired) electrons. The maximum absolute atomic E-state index is 10.4. The molecule has 6 aromatic heterocycles. The number of nitriles is 4. The lowest BCUT2D eigenvalue weighted by molar-refractivity contribution is 1.10. The zero-order valence-electron chi connectivity index (χ0n) is 67.5. The highest BCUT2D eigenvalue weighted by atomic mass is 15.1. The van der Waals surface area contributed by atoms with E-state index in [1.165, 1.54) is 43.1 Å². The second-order valence-corrected chi connectivity index (χ2v) is 31.1. The fourth-order valence-electron chi connectivity index (χ4n) is 19.4. The van der Waals surface area contributed by atoms with Crippen LogP contribution in [0.2, 0.25) is 0 Å². The molecule has 582 valence electrons. The van der Waals surface area contributed by atoms with E-state index in [2.05, 4.69) is 401 Å². The minimum atomic E-state index is 0.448. The van der Waals surface area contributed by atoms with E-state index in [9.17, 15) is 21.0 Å². The first kappa shape index (κ1) is 74.0. The summed E-state index contributed by atoms with van der Waals surface area (Å²) >= 11 is 0. The number of hydrogen-bond donors (Lipinski definition) is 0. The monoisotopic (exact) mass is 1600 g/mol. The molecule has 24 rings (SSSR count). The van der Waals surface area contributed by atoms with Crippen molar-refractivity contribution in [2.75, 3.05) is 0 Å². The van der Waals surface area contributed by atoms with E-state index in [1.807, 2.05) is 18.2 Å². The molecule has 12 heteroatoms. The Kier molecular flexibility index (Phi) is 17.9. The average molecular weight is 1600 g/mol. The van der Waals surface area contributed by atoms with Gasteiger partial charge in [-0.25, -0.2) is 9.69 Å². The van der Waals surface area contributed by atoms with E-state index in [-0.39, 0.29) is 0 Å². The maximum Gasteiger partial charge on any atom is 0.196 e. The Bertz CT molecular complexity index is 8300. The Labute approximate surface area is 723 Å². The molecule has 0 unspecified atom stereocenters. The molecule has 0 N–H and O–H groups in total. The van der Waals surface area contributed by atoms with Crippen LogP contribution in [0.3, 0.4) is 0 Å². The minimum Gasteiger partial charge on any atom is -0.309 e. The number of aromatic nitrogens is 6. The van der Waals surface area contributed by atoms with E-state index >= 15 is 0 Å². The fraction of sp³-hybridized carbons (Fsp3) is 0. The van der Waals surface area contributed by atoms with Gasteiger partial charge in [0.25, 0.3) is 0 Å². The zero-order chi connectivity index (χ0) is 84.6. The van der Waals surface area contributed by atoms with E-state index in [1.54, 1.807) is 42.5 Å². The van der Waals surface area contributed by atoms with Gasteiger partial charge in [0.1, 0.15) is 0 Å². The van der Waals surface area contributed by atoms with Crippen molar-refractivity contribution >= 4 is 142 Å². The van der Waals surface area contributed by atoms with Gasteiger partial charge in [-0.2, -0.15) is 21.0 Å². The minimum absolute atomic E-state index is 0.448. The summed E-state index contributed by atoms with van der Waals surface area (Å²) in [5.41, 5.74) is 26.1. The lowest BCUT2D eigenvalue weighted by Gasteiger charge is -2.21. The van der Waals surface area contributed by atoms with E-state index in [4.69, 9.17) is 13.1 Å². The molecule has 0 fully saturated rings. The van der Waals surface area contributed by atoms with Gasteiger partial charge in [-0.15, -0.1) is 0 Å². The third-order valence-electron chi connectivity index (χ3n) is 24.6. The highest BCUT2D eigenvalue weighted by molar-refractivity contribution is 6.16. The molecule has 126 heavy (non-hydrogen) atoms. The standard InChI is InChI=1S/3C38H22N4/c1-40-30-17-10-12-25(24-39)37(30)38-35(41-31-18-6-2-13-26(31)27-14-3-7-19-32(27)41)22-11-23-36(38)42-33-20-8-4-15-28(33)29-16-5-9-21-34(29)42;1-40-33-16-10-11-25(24-39)38(33)26-21-27(41-34-17-6-2-12-29(34)30-13-3-7-18-35(30)41)23-28(22-26)42-36-19-8-4-14-31(36)32-15-5-9-20-37(32)42;39-23-26-10-9-11-27(24-40)38(26)25-20-21-36(41-32-16-5-1-12-28(32)29-13-2-6-17-33(29)41)37(22-25)42-34-18-7-3-14-30(34)31-15-4-8-19-35(31)42/h2*2-23H;1-22H. The van der Waals surface area contributed by atoms with Crippen LogP contribution in [0.5, 0.6) is 0 Å². The number of rotatable bonds is 9. The average Bonchev–Trinajstić information content (AvgIpc) is 1.57. The predicted octanol–water partition coefficient (Wildman–Crippen LogP) is 29.2. The summed E-state index contributed by atoms with van der Waals surface area (Å²) < 4.78 is 13.8. The smallest absolute Gasteiger partial charge is 0.196 e. The normalized spacial score (nSPS) is 11.3. The van der Waals surface area contributed by atoms with Gasteiger partial charge in [0, 0.05) is 109 Å². The largest absolute Gasteiger partial charge is 0.309 e. The van der Waals surface area contributed by atoms with Crippen molar-refractivity contribution in [2.45, 2.75) is 0 Å². The molecule has 0 bridgehead atoms. The lowest BCUT2D eigenvalue weighted by Crippen LogP contribution is -2.04. The molecule has 18 aromatic carbocycles. The van der Waals surface area contributed by atoms with E-state index in [0.717, 1.165) is 139 Å². The van der Waals surface area contributed by atoms with Gasteiger partial charge < -0.3 is 27.4 Å². The van der Waals surface area contributed by atoms with Crippen molar-refractivity contribution in [3.8, 4) is 91.8 Å². The first-order valence-corrected chi connectivity index (χ1v) is 41.4. The van der Waals surface area contributed by atoms with E-state index < -0.39 is 0 Å². The molecular formula is C114H66N12. The third-order valence-corrected chi connectivity index (χ3v) is 24.6. The Morgan fingerprint density at radius 3 is 0.714 bits per heavy atom. The summed E-state index contributed by atoms with van der Waals surface area (Å²) in [6.07, 6.45) is 0. The second-order valence-electron chi connectivity index (χ2n) is 31.1. The highest BCUT2D eigenvalue weighted by Gasteiger charge is 2.28. The van der Waals surface area contributed by atoms with Gasteiger partial charge in [0.15, 0.2) is 11.4 Å². The van der Waals surface area contributed by atoms with Gasteiger partial charge in [-0.05, 0) is 151 Å². The second kappa shape index (κ2) is 30.5. The van der Waals surface area contributed by atoms with Gasteiger partial charge >= 0.3 is 0 Å². The lowest BCUT2D eigenvalue weighted by atomic mass is 9.94. The Morgan fingerprint density at radius 1 is 0.183 bits per heavy atom. The molecule has 0 aliphatic heterocycles. The molecule has 0 spiro atoms. The molecule has 0 saturated heterocycles. The van der Waals surface area contributed by atoms with Gasteiger partial charge in [-0.1, -0.05) is 261 Å². The number of benzene rings is 18. The van der Waals surface area contributed by atoms with Crippen LogP contribution in [-0.4, -0.2) is 27.4 Å². The van der Waals surface area contributed by atoms with Crippen LogP contribution in [0.25, 0.3) is 208 Å². The number of fused-ring (bicyclic) bond motifs is 18. The SMILES string of the molecule is N#Cc1cccc(C#N)c1-c1ccc(-n2c3ccccc3c3ccccc32)c(-n2c3ccccc3c3ccccc32)c1.[C-]#[N+]c1cccc(C#N)c1-c1c(-n2c3ccccc3c3ccccc32)cccc1-n1c2ccccc2c2ccccc21.[C-]#[N+]c1cccc(C#N)c1-c1cc(-n2c3ccccc3c3ccccc32)cc(-n2c3ccccc3c3ccccc32)c1. The molecular weight excluding hydrogens is 1540 g/mol. The molecule has 6 heterocycles. The zero-order valence-corrected chi connectivity index (χ0v) is 67.5. The van der Waals surface area contributed by atoms with Gasteiger partial charge in [-0.3, -0.25) is 0 Å². The van der Waals surface area contributed by atoms with Crippen LogP contribution < -0.4 is 0 Å². The number of hydrogen-bond acceptors (Lipinski definition) is 4. The van der Waals surface area contributed by atoms with Crippen molar-refractivity contribution in [2.24, 2.45) is 0 Å². The van der Waals surface area contributed by atoms with Crippen molar-refractivity contribution < 1.29 is 0 Å². The van der Waals surface area contributed by atoms with Crippen molar-refractivity contribution in [3.05, 3.63) is 445 Å². The molecule has 12 nitrogen and oxygen atoms in total. The molecule has 0 amide bonds. The quantitative estimate of drug-likeness (QED) is 0.133. The van der Waals surface area contributed by atoms with E-state index in [0.29, 0.717) is 50.3 Å². The maximum atomic E-state index is 10.4. The molecule has 0 atom stereocenters. The number of para-hydroxylation sites is 12. The van der Waals surface area contributed by atoms with Crippen LogP contribution in [-0.2, 0) is 0 Å². The molecule has 0 saturated carbocycles. The topological polar surface area (TPSA) is 133 Å². The summed E-state index contributed by atoms with van der Waals surface area (Å²) in [5, 5.41) is 54.5.